The van der Waals surface area contributed by atoms with Gasteiger partial charge in [0.1, 0.15) is 11.2 Å². The molecule has 21 heavy (non-hydrogen) atoms. The SMILES string of the molecule is O=Cc1cccc(NS(=O)(=O)c2c(Cl)cc(Br)cc2Cl)c1. The minimum Gasteiger partial charge on any atom is -0.298 e. The number of nitrogens with one attached hydrogen (secondary N) is 1. The summed E-state index contributed by atoms with van der Waals surface area (Å²) in [5.41, 5.74) is 0.595. The highest BCUT2D eigenvalue weighted by atomic mass is 79.9. The molecule has 8 heteroatoms. The van der Waals surface area contributed by atoms with Crippen LogP contribution in [0.2, 0.25) is 10.0 Å². The Bertz CT molecular complexity index is 786. The highest BCUT2D eigenvalue weighted by molar-refractivity contribution is 9.10. The van der Waals surface area contributed by atoms with Crippen molar-refractivity contribution in [3.63, 3.8) is 0 Å². The Balaban J connectivity index is 2.45. The fraction of sp³-hybridized carbons (Fsp3) is 0. The first-order valence-electron chi connectivity index (χ1n) is 5.56. The molecule has 0 fully saturated rings. The Kier molecular flexibility index (Phi) is 4.93. The van der Waals surface area contributed by atoms with E-state index in [-0.39, 0.29) is 20.6 Å². The summed E-state index contributed by atoms with van der Waals surface area (Å²) in [5, 5.41) is -0.0122. The van der Waals surface area contributed by atoms with E-state index >= 15 is 0 Å². The first-order valence-corrected chi connectivity index (χ1v) is 8.59. The summed E-state index contributed by atoms with van der Waals surface area (Å²) in [7, 11) is -3.97. The average molecular weight is 409 g/mol. The number of hydrogen-bond donors (Lipinski definition) is 1. The fourth-order valence-corrected chi connectivity index (χ4v) is 4.66. The molecule has 0 amide bonds. The fourth-order valence-electron chi connectivity index (χ4n) is 1.67. The zero-order valence-electron chi connectivity index (χ0n) is 10.3. The molecule has 0 saturated carbocycles. The lowest BCUT2D eigenvalue weighted by atomic mass is 10.2. The Labute approximate surface area is 140 Å². The predicted octanol–water partition coefficient (Wildman–Crippen LogP) is 4.37. The maximum absolute atomic E-state index is 12.4. The van der Waals surface area contributed by atoms with Crippen molar-refractivity contribution in [2.45, 2.75) is 4.90 Å². The van der Waals surface area contributed by atoms with Crippen LogP contribution in [-0.4, -0.2) is 14.7 Å². The van der Waals surface area contributed by atoms with Crippen LogP contribution in [0.25, 0.3) is 0 Å². The maximum Gasteiger partial charge on any atom is 0.264 e. The van der Waals surface area contributed by atoms with Crippen LogP contribution in [0.4, 0.5) is 5.69 Å². The Morgan fingerprint density at radius 1 is 1.10 bits per heavy atom. The monoisotopic (exact) mass is 407 g/mol. The standard InChI is InChI=1S/C13H8BrCl2NO3S/c14-9-5-11(15)13(12(16)6-9)21(19,20)17-10-3-1-2-8(4-10)7-18/h1-7,17H. The highest BCUT2D eigenvalue weighted by Gasteiger charge is 2.22. The van der Waals surface area contributed by atoms with Gasteiger partial charge in [0.2, 0.25) is 0 Å². The van der Waals surface area contributed by atoms with E-state index in [2.05, 4.69) is 20.7 Å². The lowest BCUT2D eigenvalue weighted by Gasteiger charge is -2.11. The van der Waals surface area contributed by atoms with Crippen LogP contribution in [-0.2, 0) is 10.0 Å². The summed E-state index contributed by atoms with van der Waals surface area (Å²) >= 11 is 15.1. The molecule has 0 heterocycles. The van der Waals surface area contributed by atoms with E-state index in [0.717, 1.165) is 0 Å². The molecule has 0 atom stereocenters. The lowest BCUT2D eigenvalue weighted by molar-refractivity contribution is 0.112. The summed E-state index contributed by atoms with van der Waals surface area (Å²) in [6, 6.07) is 8.92. The van der Waals surface area contributed by atoms with Gasteiger partial charge in [0, 0.05) is 15.7 Å². The molecule has 0 aromatic heterocycles. The number of benzene rings is 2. The van der Waals surface area contributed by atoms with Crippen molar-refractivity contribution in [1.82, 2.24) is 0 Å². The normalized spacial score (nSPS) is 11.2. The van der Waals surface area contributed by atoms with Gasteiger partial charge >= 0.3 is 0 Å². The number of anilines is 1. The van der Waals surface area contributed by atoms with E-state index in [9.17, 15) is 13.2 Å². The van der Waals surface area contributed by atoms with E-state index < -0.39 is 10.0 Å². The minimum absolute atomic E-state index is 0.00610. The Morgan fingerprint density at radius 2 is 1.71 bits per heavy atom. The first-order chi connectivity index (χ1) is 9.83. The molecule has 0 saturated heterocycles. The van der Waals surface area contributed by atoms with Gasteiger partial charge in [-0.25, -0.2) is 8.42 Å². The van der Waals surface area contributed by atoms with Crippen LogP contribution < -0.4 is 4.72 Å². The number of halogens is 3. The molecule has 0 radical (unpaired) electrons. The van der Waals surface area contributed by atoms with Crippen LogP contribution >= 0.6 is 39.1 Å². The molecule has 1 N–H and O–H groups in total. The van der Waals surface area contributed by atoms with E-state index in [1.54, 1.807) is 12.1 Å². The number of aldehydes is 1. The quantitative estimate of drug-likeness (QED) is 0.764. The van der Waals surface area contributed by atoms with Gasteiger partial charge in [-0.2, -0.15) is 0 Å². The van der Waals surface area contributed by atoms with Crippen molar-refractivity contribution in [3.8, 4) is 0 Å². The molecule has 0 unspecified atom stereocenters. The molecule has 2 aromatic rings. The van der Waals surface area contributed by atoms with E-state index in [1.165, 1.54) is 24.3 Å². The predicted molar refractivity (Wildman–Crippen MR) is 86.8 cm³/mol. The van der Waals surface area contributed by atoms with Crippen LogP contribution in [0.1, 0.15) is 10.4 Å². The van der Waals surface area contributed by atoms with Crippen molar-refractivity contribution in [2.24, 2.45) is 0 Å². The van der Waals surface area contributed by atoms with E-state index in [0.29, 0.717) is 16.3 Å². The summed E-state index contributed by atoms with van der Waals surface area (Å²) in [6.45, 7) is 0. The minimum atomic E-state index is -3.97. The Hall–Kier alpha value is -1.08. The zero-order valence-corrected chi connectivity index (χ0v) is 14.2. The van der Waals surface area contributed by atoms with Gasteiger partial charge in [0.05, 0.1) is 10.0 Å². The van der Waals surface area contributed by atoms with Crippen molar-refractivity contribution < 1.29 is 13.2 Å². The molecule has 0 aliphatic rings. The first kappa shape index (κ1) is 16.3. The van der Waals surface area contributed by atoms with Gasteiger partial charge in [-0.15, -0.1) is 0 Å². The molecule has 2 aromatic carbocycles. The zero-order chi connectivity index (χ0) is 15.6. The highest BCUT2D eigenvalue weighted by Crippen LogP contribution is 2.33. The molecule has 0 spiro atoms. The Morgan fingerprint density at radius 3 is 2.29 bits per heavy atom. The van der Waals surface area contributed by atoms with Gasteiger partial charge in [-0.3, -0.25) is 9.52 Å². The summed E-state index contributed by atoms with van der Waals surface area (Å²) < 4.78 is 27.6. The number of sulfonamides is 1. The van der Waals surface area contributed by atoms with Gasteiger partial charge in [-0.05, 0) is 24.3 Å². The maximum atomic E-state index is 12.4. The van der Waals surface area contributed by atoms with Crippen LogP contribution in [0.15, 0.2) is 45.8 Å². The number of hydrogen-bond acceptors (Lipinski definition) is 3. The molecule has 0 aliphatic carbocycles. The van der Waals surface area contributed by atoms with Crippen LogP contribution in [0.5, 0.6) is 0 Å². The summed E-state index contributed by atoms with van der Waals surface area (Å²) in [5.74, 6) is 0. The number of carbonyl (C=O) groups is 1. The molecular weight excluding hydrogens is 401 g/mol. The third-order valence-corrected chi connectivity index (χ3v) is 5.27. The van der Waals surface area contributed by atoms with Gasteiger partial charge in [0.25, 0.3) is 10.0 Å². The molecule has 0 aliphatic heterocycles. The van der Waals surface area contributed by atoms with E-state index in [1.807, 2.05) is 0 Å². The summed E-state index contributed by atoms with van der Waals surface area (Å²) in [6.07, 6.45) is 0.622. The van der Waals surface area contributed by atoms with Gasteiger partial charge < -0.3 is 0 Å². The topological polar surface area (TPSA) is 63.2 Å². The average Bonchev–Trinajstić information content (AvgIpc) is 2.36. The van der Waals surface area contributed by atoms with Gasteiger partial charge in [-0.1, -0.05) is 51.3 Å². The number of rotatable bonds is 4. The molecule has 2 rings (SSSR count). The second-order valence-electron chi connectivity index (χ2n) is 4.05. The molecule has 4 nitrogen and oxygen atoms in total. The van der Waals surface area contributed by atoms with Gasteiger partial charge in [0.15, 0.2) is 0 Å². The van der Waals surface area contributed by atoms with Crippen molar-refractivity contribution in [1.29, 1.82) is 0 Å². The molecule has 110 valence electrons. The van der Waals surface area contributed by atoms with Crippen LogP contribution in [0.3, 0.4) is 0 Å². The van der Waals surface area contributed by atoms with Crippen LogP contribution in [0, 0.1) is 0 Å². The van der Waals surface area contributed by atoms with E-state index in [4.69, 9.17) is 23.2 Å². The third-order valence-electron chi connectivity index (χ3n) is 2.51. The number of carbonyl (C=O) groups excluding carboxylic acids is 1. The third kappa shape index (κ3) is 3.77. The molecular formula is C13H8BrCl2NO3S. The molecule has 0 bridgehead atoms. The van der Waals surface area contributed by atoms with Crippen molar-refractivity contribution in [2.75, 3.05) is 4.72 Å². The lowest BCUT2D eigenvalue weighted by Crippen LogP contribution is -2.14. The smallest absolute Gasteiger partial charge is 0.264 e. The summed E-state index contributed by atoms with van der Waals surface area (Å²) in [4.78, 5) is 10.5. The van der Waals surface area contributed by atoms with Crippen molar-refractivity contribution >= 4 is 61.1 Å². The van der Waals surface area contributed by atoms with Crippen molar-refractivity contribution in [3.05, 3.63) is 56.5 Å². The second-order valence-corrected chi connectivity index (χ2v) is 7.40. The second kappa shape index (κ2) is 6.36. The largest absolute Gasteiger partial charge is 0.298 e.